The van der Waals surface area contributed by atoms with Crippen molar-refractivity contribution in [1.82, 2.24) is 4.37 Å². The zero-order valence-electron chi connectivity index (χ0n) is 6.03. The third-order valence-electron chi connectivity index (χ3n) is 1.70. The fraction of sp³-hybridized carbons (Fsp3) is 0.125. The normalized spacial score (nSPS) is 10.6. The number of aromatic nitrogens is 1. The van der Waals surface area contributed by atoms with Crippen LogP contribution in [-0.4, -0.2) is 9.48 Å². The minimum Gasteiger partial charge on any atom is -0.507 e. The lowest BCUT2D eigenvalue weighted by Gasteiger charge is -1.95. The number of fused-ring (bicyclic) bond motifs is 1. The lowest BCUT2D eigenvalue weighted by Crippen LogP contribution is -1.71. The molecule has 0 saturated heterocycles. The van der Waals surface area contributed by atoms with Crippen LogP contribution in [0.2, 0.25) is 0 Å². The van der Waals surface area contributed by atoms with E-state index in [9.17, 15) is 5.11 Å². The summed E-state index contributed by atoms with van der Waals surface area (Å²) in [7, 11) is 0. The average Bonchev–Trinajstić information content (AvgIpc) is 2.45. The number of hydrogen-bond acceptors (Lipinski definition) is 3. The molecule has 0 radical (unpaired) electrons. The number of nitrogens with zero attached hydrogens (tertiary/aromatic N) is 1. The van der Waals surface area contributed by atoms with Crippen molar-refractivity contribution in [3.8, 4) is 5.75 Å². The Hall–Kier alpha value is -1.09. The molecular formula is C8H7NOS. The van der Waals surface area contributed by atoms with Crippen molar-refractivity contribution >= 4 is 21.6 Å². The van der Waals surface area contributed by atoms with Crippen LogP contribution in [0.25, 0.3) is 10.1 Å². The fourth-order valence-electron chi connectivity index (χ4n) is 1.08. The summed E-state index contributed by atoms with van der Waals surface area (Å²) in [6, 6.07) is 3.60. The molecule has 1 aromatic heterocycles. The molecule has 1 aromatic carbocycles. The molecule has 0 unspecified atom stereocenters. The SMILES string of the molecule is Cc1ccc(O)c2cnsc12. The Labute approximate surface area is 68.3 Å². The van der Waals surface area contributed by atoms with Gasteiger partial charge in [-0.05, 0) is 30.1 Å². The molecule has 11 heavy (non-hydrogen) atoms. The van der Waals surface area contributed by atoms with Gasteiger partial charge in [0.05, 0.1) is 16.3 Å². The summed E-state index contributed by atoms with van der Waals surface area (Å²) in [6.45, 7) is 2.01. The van der Waals surface area contributed by atoms with Crippen molar-refractivity contribution in [2.24, 2.45) is 0 Å². The minimum absolute atomic E-state index is 0.319. The maximum Gasteiger partial charge on any atom is 0.125 e. The highest BCUT2D eigenvalue weighted by Gasteiger charge is 2.03. The van der Waals surface area contributed by atoms with Crippen molar-refractivity contribution in [3.63, 3.8) is 0 Å². The van der Waals surface area contributed by atoms with E-state index in [2.05, 4.69) is 4.37 Å². The zero-order valence-corrected chi connectivity index (χ0v) is 6.85. The first kappa shape index (κ1) is 6.61. The van der Waals surface area contributed by atoms with E-state index in [-0.39, 0.29) is 0 Å². The molecule has 1 heterocycles. The van der Waals surface area contributed by atoms with Crippen molar-refractivity contribution in [1.29, 1.82) is 0 Å². The van der Waals surface area contributed by atoms with Crippen molar-refractivity contribution in [3.05, 3.63) is 23.9 Å². The van der Waals surface area contributed by atoms with Gasteiger partial charge in [-0.3, -0.25) is 0 Å². The molecule has 0 saturated carbocycles. The number of rotatable bonds is 0. The molecule has 0 fully saturated rings. The Morgan fingerprint density at radius 1 is 1.45 bits per heavy atom. The predicted molar refractivity (Wildman–Crippen MR) is 46.0 cm³/mol. The highest BCUT2D eigenvalue weighted by molar-refractivity contribution is 7.13. The van der Waals surface area contributed by atoms with Crippen LogP contribution in [0.3, 0.4) is 0 Å². The van der Waals surface area contributed by atoms with Gasteiger partial charge in [0.15, 0.2) is 0 Å². The standard InChI is InChI=1S/C8H7NOS/c1-5-2-3-7(10)6-4-9-11-8(5)6/h2-4,10H,1H3. The van der Waals surface area contributed by atoms with Gasteiger partial charge in [0, 0.05) is 0 Å². The minimum atomic E-state index is 0.319. The molecule has 1 N–H and O–H groups in total. The van der Waals surface area contributed by atoms with Gasteiger partial charge in [-0.25, -0.2) is 0 Å². The van der Waals surface area contributed by atoms with Crippen LogP contribution < -0.4 is 0 Å². The molecule has 0 amide bonds. The first-order valence-corrected chi connectivity index (χ1v) is 4.09. The van der Waals surface area contributed by atoms with Crippen LogP contribution in [0.1, 0.15) is 5.56 Å². The van der Waals surface area contributed by atoms with Crippen LogP contribution in [0.15, 0.2) is 18.3 Å². The van der Waals surface area contributed by atoms with Gasteiger partial charge in [-0.2, -0.15) is 4.37 Å². The Bertz CT molecular complexity index is 358. The van der Waals surface area contributed by atoms with E-state index in [1.54, 1.807) is 12.3 Å². The number of phenolic OH excluding ortho intramolecular Hbond substituents is 1. The molecular weight excluding hydrogens is 158 g/mol. The quantitative estimate of drug-likeness (QED) is 0.649. The van der Waals surface area contributed by atoms with Gasteiger partial charge >= 0.3 is 0 Å². The number of hydrogen-bond donors (Lipinski definition) is 1. The second-order valence-corrected chi connectivity index (χ2v) is 3.27. The van der Waals surface area contributed by atoms with Crippen LogP contribution in [0.5, 0.6) is 5.75 Å². The maximum absolute atomic E-state index is 9.35. The summed E-state index contributed by atoms with van der Waals surface area (Å²) in [6.07, 6.45) is 1.70. The number of phenols is 1. The van der Waals surface area contributed by atoms with E-state index in [1.807, 2.05) is 13.0 Å². The fourth-order valence-corrected chi connectivity index (χ4v) is 1.81. The van der Waals surface area contributed by atoms with Crippen LogP contribution >= 0.6 is 11.5 Å². The smallest absolute Gasteiger partial charge is 0.125 e. The molecule has 2 rings (SSSR count). The van der Waals surface area contributed by atoms with E-state index in [4.69, 9.17) is 0 Å². The molecule has 3 heteroatoms. The van der Waals surface area contributed by atoms with Crippen LogP contribution in [0, 0.1) is 6.92 Å². The second-order valence-electron chi connectivity index (χ2n) is 2.47. The molecule has 2 aromatic rings. The Morgan fingerprint density at radius 2 is 2.27 bits per heavy atom. The first-order valence-electron chi connectivity index (χ1n) is 3.32. The van der Waals surface area contributed by atoms with Crippen molar-refractivity contribution < 1.29 is 5.11 Å². The number of aryl methyl sites for hydroxylation is 1. The highest BCUT2D eigenvalue weighted by Crippen LogP contribution is 2.29. The summed E-state index contributed by atoms with van der Waals surface area (Å²) in [5.74, 6) is 0.319. The van der Waals surface area contributed by atoms with Gasteiger partial charge in [0.2, 0.25) is 0 Å². The molecule has 2 nitrogen and oxygen atoms in total. The topological polar surface area (TPSA) is 33.1 Å². The second kappa shape index (κ2) is 2.20. The van der Waals surface area contributed by atoms with Gasteiger partial charge in [0.25, 0.3) is 0 Å². The van der Waals surface area contributed by atoms with Crippen LogP contribution in [-0.2, 0) is 0 Å². The third-order valence-corrected chi connectivity index (χ3v) is 2.63. The molecule has 0 aliphatic carbocycles. The summed E-state index contributed by atoms with van der Waals surface area (Å²) >= 11 is 1.42. The summed E-state index contributed by atoms with van der Waals surface area (Å²) in [4.78, 5) is 0. The number of benzene rings is 1. The third kappa shape index (κ3) is 0.886. The molecule has 0 bridgehead atoms. The lowest BCUT2D eigenvalue weighted by atomic mass is 10.2. The average molecular weight is 165 g/mol. The van der Waals surface area contributed by atoms with Gasteiger partial charge in [-0.15, -0.1) is 0 Å². The number of aromatic hydroxyl groups is 1. The molecule has 0 atom stereocenters. The summed E-state index contributed by atoms with van der Waals surface area (Å²) < 4.78 is 5.08. The Balaban J connectivity index is 2.96. The zero-order chi connectivity index (χ0) is 7.84. The Kier molecular flexibility index (Phi) is 1.32. The van der Waals surface area contributed by atoms with Gasteiger partial charge < -0.3 is 5.11 Å². The highest BCUT2D eigenvalue weighted by atomic mass is 32.1. The van der Waals surface area contributed by atoms with Crippen LogP contribution in [0.4, 0.5) is 0 Å². The predicted octanol–water partition coefficient (Wildman–Crippen LogP) is 2.31. The van der Waals surface area contributed by atoms with E-state index in [0.717, 1.165) is 10.1 Å². The van der Waals surface area contributed by atoms with Gasteiger partial charge in [-0.1, -0.05) is 6.07 Å². The van der Waals surface area contributed by atoms with E-state index in [0.29, 0.717) is 5.75 Å². The van der Waals surface area contributed by atoms with Crippen molar-refractivity contribution in [2.75, 3.05) is 0 Å². The molecule has 56 valence electrons. The first-order chi connectivity index (χ1) is 5.29. The largest absolute Gasteiger partial charge is 0.507 e. The summed E-state index contributed by atoms with van der Waals surface area (Å²) in [5.41, 5.74) is 1.17. The van der Waals surface area contributed by atoms with E-state index >= 15 is 0 Å². The molecule has 0 spiro atoms. The van der Waals surface area contributed by atoms with Gasteiger partial charge in [0.1, 0.15) is 5.75 Å². The maximum atomic E-state index is 9.35. The van der Waals surface area contributed by atoms with E-state index in [1.165, 1.54) is 17.1 Å². The molecule has 0 aliphatic rings. The van der Waals surface area contributed by atoms with E-state index < -0.39 is 0 Å². The lowest BCUT2D eigenvalue weighted by molar-refractivity contribution is 0.481. The van der Waals surface area contributed by atoms with Crippen molar-refractivity contribution in [2.45, 2.75) is 6.92 Å². The monoisotopic (exact) mass is 165 g/mol. The molecule has 0 aliphatic heterocycles. The summed E-state index contributed by atoms with van der Waals surface area (Å²) in [5, 5.41) is 10.2. The Morgan fingerprint density at radius 3 is 3.00 bits per heavy atom.